The van der Waals surface area contributed by atoms with E-state index in [1.54, 1.807) is 12.1 Å². The van der Waals surface area contributed by atoms with Crippen LogP contribution in [0.15, 0.2) is 23.4 Å². The third-order valence-corrected chi connectivity index (χ3v) is 2.14. The zero-order valence-electron chi connectivity index (χ0n) is 6.16. The van der Waals surface area contributed by atoms with Crippen molar-refractivity contribution in [1.82, 2.24) is 0 Å². The average Bonchev–Trinajstić information content (AvgIpc) is 2.16. The second kappa shape index (κ2) is 4.11. The summed E-state index contributed by atoms with van der Waals surface area (Å²) in [6.07, 6.45) is 0.646. The molecule has 0 bridgehead atoms. The third-order valence-electron chi connectivity index (χ3n) is 1.53. The fraction of sp³-hybridized carbons (Fsp3) is 0.125. The average molecular weight is 228 g/mol. The molecule has 0 saturated carbocycles. The Labute approximate surface area is 77.9 Å². The summed E-state index contributed by atoms with van der Waals surface area (Å²) in [7, 11) is 0. The lowest BCUT2D eigenvalue weighted by Crippen LogP contribution is -1.88. The van der Waals surface area contributed by atoms with E-state index in [9.17, 15) is 9.70 Å². The molecule has 0 aliphatic rings. The Balaban J connectivity index is 3.31. The van der Waals surface area contributed by atoms with Gasteiger partial charge in [-0.3, -0.25) is 4.79 Å². The van der Waals surface area contributed by atoms with Gasteiger partial charge in [-0.15, -0.1) is 4.91 Å². The van der Waals surface area contributed by atoms with Crippen LogP contribution in [-0.4, -0.2) is 6.29 Å². The van der Waals surface area contributed by atoms with Gasteiger partial charge < -0.3 is 0 Å². The molecule has 62 valence electrons. The van der Waals surface area contributed by atoms with Crippen molar-refractivity contribution in [2.45, 2.75) is 5.33 Å². The van der Waals surface area contributed by atoms with E-state index in [4.69, 9.17) is 0 Å². The van der Waals surface area contributed by atoms with Crippen molar-refractivity contribution >= 4 is 27.9 Å². The second-order valence-electron chi connectivity index (χ2n) is 2.19. The highest BCUT2D eigenvalue weighted by molar-refractivity contribution is 9.08. The van der Waals surface area contributed by atoms with Crippen LogP contribution in [0.4, 0.5) is 5.69 Å². The van der Waals surface area contributed by atoms with Crippen molar-refractivity contribution in [2.24, 2.45) is 5.18 Å². The van der Waals surface area contributed by atoms with Gasteiger partial charge in [-0.2, -0.15) is 0 Å². The van der Waals surface area contributed by atoms with E-state index in [0.717, 1.165) is 5.56 Å². The standard InChI is InChI=1S/C8H6BrNO2/c9-4-6-2-1-3-8(10-12)7(6)5-11/h1-3,5H,4H2. The molecule has 0 aliphatic heterocycles. The first-order valence-corrected chi connectivity index (χ1v) is 4.42. The Morgan fingerprint density at radius 3 is 2.75 bits per heavy atom. The number of rotatable bonds is 3. The van der Waals surface area contributed by atoms with Gasteiger partial charge in [-0.25, -0.2) is 0 Å². The van der Waals surface area contributed by atoms with E-state index >= 15 is 0 Å². The SMILES string of the molecule is O=Cc1c(CBr)cccc1N=O. The van der Waals surface area contributed by atoms with Crippen molar-refractivity contribution in [3.05, 3.63) is 34.2 Å². The number of alkyl halides is 1. The summed E-state index contributed by atoms with van der Waals surface area (Å²) in [5.74, 6) is 0. The van der Waals surface area contributed by atoms with E-state index < -0.39 is 0 Å². The lowest BCUT2D eigenvalue weighted by molar-refractivity contribution is 0.112. The number of hydrogen-bond donors (Lipinski definition) is 0. The predicted octanol–water partition coefficient (Wildman–Crippen LogP) is 2.79. The molecule has 3 nitrogen and oxygen atoms in total. The summed E-state index contributed by atoms with van der Waals surface area (Å²) >= 11 is 3.21. The van der Waals surface area contributed by atoms with Gasteiger partial charge in [0.1, 0.15) is 5.69 Å². The number of carbonyl (C=O) groups excluding carboxylic acids is 1. The van der Waals surface area contributed by atoms with Gasteiger partial charge in [0.05, 0.1) is 0 Å². The Kier molecular flexibility index (Phi) is 3.10. The molecule has 0 atom stereocenters. The van der Waals surface area contributed by atoms with Crippen molar-refractivity contribution in [3.8, 4) is 0 Å². The highest BCUT2D eigenvalue weighted by Gasteiger charge is 2.05. The van der Waals surface area contributed by atoms with Crippen LogP contribution >= 0.6 is 15.9 Å². The van der Waals surface area contributed by atoms with E-state index in [1.807, 2.05) is 0 Å². The van der Waals surface area contributed by atoms with Crippen LogP contribution in [0.1, 0.15) is 15.9 Å². The Bertz CT molecular complexity index is 312. The first-order valence-electron chi connectivity index (χ1n) is 3.30. The van der Waals surface area contributed by atoms with Crippen molar-refractivity contribution in [2.75, 3.05) is 0 Å². The molecule has 4 heteroatoms. The zero-order valence-corrected chi connectivity index (χ0v) is 7.74. The summed E-state index contributed by atoms with van der Waals surface area (Å²) in [6, 6.07) is 4.98. The lowest BCUT2D eigenvalue weighted by atomic mass is 10.1. The quantitative estimate of drug-likeness (QED) is 0.453. The van der Waals surface area contributed by atoms with Gasteiger partial charge in [-0.1, -0.05) is 28.1 Å². The molecule has 0 aromatic heterocycles. The van der Waals surface area contributed by atoms with Crippen LogP contribution in [0.3, 0.4) is 0 Å². The Hall–Kier alpha value is -1.03. The maximum Gasteiger partial charge on any atom is 0.152 e. The number of carbonyl (C=O) groups is 1. The lowest BCUT2D eigenvalue weighted by Gasteiger charge is -2.00. The van der Waals surface area contributed by atoms with Gasteiger partial charge in [0.2, 0.25) is 0 Å². The third kappa shape index (κ3) is 1.58. The van der Waals surface area contributed by atoms with Gasteiger partial charge in [-0.05, 0) is 16.8 Å². The van der Waals surface area contributed by atoms with E-state index in [-0.39, 0.29) is 5.69 Å². The second-order valence-corrected chi connectivity index (χ2v) is 2.75. The summed E-state index contributed by atoms with van der Waals surface area (Å²) < 4.78 is 0. The van der Waals surface area contributed by atoms with Crippen molar-refractivity contribution < 1.29 is 4.79 Å². The Morgan fingerprint density at radius 2 is 2.25 bits per heavy atom. The maximum atomic E-state index is 10.5. The molecule has 0 spiro atoms. The number of hydrogen-bond acceptors (Lipinski definition) is 3. The highest BCUT2D eigenvalue weighted by Crippen LogP contribution is 2.22. The minimum absolute atomic E-state index is 0.196. The van der Waals surface area contributed by atoms with E-state index in [2.05, 4.69) is 21.1 Å². The highest BCUT2D eigenvalue weighted by atomic mass is 79.9. The normalized spacial score (nSPS) is 9.42. The molecular formula is C8H6BrNO2. The number of halogens is 1. The fourth-order valence-corrected chi connectivity index (χ4v) is 1.42. The van der Waals surface area contributed by atoms with Crippen LogP contribution in [0.25, 0.3) is 0 Å². The number of benzene rings is 1. The van der Waals surface area contributed by atoms with Crippen LogP contribution in [0.5, 0.6) is 0 Å². The molecule has 0 fully saturated rings. The first kappa shape index (κ1) is 9.06. The summed E-state index contributed by atoms with van der Waals surface area (Å²) in [4.78, 5) is 20.8. The van der Waals surface area contributed by atoms with Crippen molar-refractivity contribution in [1.29, 1.82) is 0 Å². The summed E-state index contributed by atoms with van der Waals surface area (Å²) in [5.41, 5.74) is 1.34. The molecule has 0 saturated heterocycles. The molecule has 1 aromatic rings. The monoisotopic (exact) mass is 227 g/mol. The molecule has 0 unspecified atom stereocenters. The fourth-order valence-electron chi connectivity index (χ4n) is 0.932. The van der Waals surface area contributed by atoms with Gasteiger partial charge >= 0.3 is 0 Å². The molecule has 0 amide bonds. The Morgan fingerprint density at radius 1 is 1.50 bits per heavy atom. The van der Waals surface area contributed by atoms with Gasteiger partial charge in [0.15, 0.2) is 6.29 Å². The number of nitrogens with zero attached hydrogens (tertiary/aromatic N) is 1. The maximum absolute atomic E-state index is 10.5. The topological polar surface area (TPSA) is 46.5 Å². The molecule has 0 N–H and O–H groups in total. The minimum Gasteiger partial charge on any atom is -0.298 e. The van der Waals surface area contributed by atoms with Crippen LogP contribution in [-0.2, 0) is 5.33 Å². The van der Waals surface area contributed by atoms with Gasteiger partial charge in [0.25, 0.3) is 0 Å². The van der Waals surface area contributed by atoms with Crippen LogP contribution in [0, 0.1) is 4.91 Å². The van der Waals surface area contributed by atoms with Crippen LogP contribution in [0.2, 0.25) is 0 Å². The molecular weight excluding hydrogens is 222 g/mol. The van der Waals surface area contributed by atoms with E-state index in [0.29, 0.717) is 17.2 Å². The smallest absolute Gasteiger partial charge is 0.152 e. The molecule has 0 radical (unpaired) electrons. The van der Waals surface area contributed by atoms with E-state index in [1.165, 1.54) is 6.07 Å². The molecule has 0 aliphatic carbocycles. The largest absolute Gasteiger partial charge is 0.298 e. The molecule has 0 heterocycles. The minimum atomic E-state index is 0.196. The molecule has 1 rings (SSSR count). The number of aldehydes is 1. The molecule has 1 aromatic carbocycles. The first-order chi connectivity index (χ1) is 5.83. The molecule has 12 heavy (non-hydrogen) atoms. The summed E-state index contributed by atoms with van der Waals surface area (Å²) in [5, 5.41) is 3.29. The number of nitroso groups, excluding NO2 is 1. The summed E-state index contributed by atoms with van der Waals surface area (Å²) in [6.45, 7) is 0. The zero-order chi connectivity index (χ0) is 8.97. The van der Waals surface area contributed by atoms with Crippen molar-refractivity contribution in [3.63, 3.8) is 0 Å². The van der Waals surface area contributed by atoms with Gasteiger partial charge in [0, 0.05) is 10.9 Å². The predicted molar refractivity (Wildman–Crippen MR) is 49.9 cm³/mol. The van der Waals surface area contributed by atoms with Crippen LogP contribution < -0.4 is 0 Å².